The van der Waals surface area contributed by atoms with Gasteiger partial charge >= 0.3 is 0 Å². The summed E-state index contributed by atoms with van der Waals surface area (Å²) in [4.78, 5) is 0. The minimum atomic E-state index is -0.809. The molecule has 0 heterocycles. The summed E-state index contributed by atoms with van der Waals surface area (Å²) in [6.07, 6.45) is 27.2. The van der Waals surface area contributed by atoms with E-state index in [1.165, 1.54) is 73.6 Å². The molecule has 0 aliphatic carbocycles. The highest BCUT2D eigenvalue weighted by atomic mass is 14.4. The van der Waals surface area contributed by atoms with Gasteiger partial charge in [0.25, 0.3) is 0 Å². The van der Waals surface area contributed by atoms with Crippen molar-refractivity contribution in [3.05, 3.63) is 177 Å². The fourth-order valence-corrected chi connectivity index (χ4v) is 7.69. The molecule has 0 radical (unpaired) electrons. The maximum absolute atomic E-state index is 6.78. The molecule has 5 aromatic rings. The number of unbranched alkanes of at least 4 members (excludes halogenated alkanes) is 4. The van der Waals surface area contributed by atoms with Crippen molar-refractivity contribution < 1.29 is 0 Å². The molecule has 0 saturated carbocycles. The van der Waals surface area contributed by atoms with E-state index >= 15 is 0 Å². The zero-order valence-electron chi connectivity index (χ0n) is 32.2. The van der Waals surface area contributed by atoms with Crippen LogP contribution in [0.5, 0.6) is 0 Å². The fraction of sp³-hybridized carbons (Fsp3) is 0.346. The summed E-state index contributed by atoms with van der Waals surface area (Å²) >= 11 is 0. The van der Waals surface area contributed by atoms with E-state index in [2.05, 4.69) is 161 Å². The SMILES string of the molecule is C#CC(c1ccc(CCCC)cc1)(c1ccc(CCCC)cc1)c1cccc(C(C#C)(c2ccc(CCCC)cc2)c2ccc(CCCC)cc2)c1. The Morgan fingerprint density at radius 3 is 0.827 bits per heavy atom. The Kier molecular flexibility index (Phi) is 13.8. The molecule has 266 valence electrons. The van der Waals surface area contributed by atoms with E-state index in [0.29, 0.717) is 0 Å². The second-order valence-electron chi connectivity index (χ2n) is 14.6. The number of terminal acetylenes is 2. The average Bonchev–Trinajstić information content (AvgIpc) is 3.20. The highest BCUT2D eigenvalue weighted by Gasteiger charge is 2.39. The molecule has 0 saturated heterocycles. The summed E-state index contributed by atoms with van der Waals surface area (Å²) < 4.78 is 0. The summed E-state index contributed by atoms with van der Waals surface area (Å²) in [5.74, 6) is 6.74. The molecule has 0 N–H and O–H groups in total. The van der Waals surface area contributed by atoms with E-state index in [1.807, 2.05) is 0 Å². The summed E-state index contributed by atoms with van der Waals surface area (Å²) in [7, 11) is 0. The maximum Gasteiger partial charge on any atom is 0.106 e. The largest absolute Gasteiger partial charge is 0.118 e. The summed E-state index contributed by atoms with van der Waals surface area (Å²) in [5, 5.41) is 0. The van der Waals surface area contributed by atoms with Crippen LogP contribution in [-0.2, 0) is 36.5 Å². The first-order valence-corrected chi connectivity index (χ1v) is 19.9. The van der Waals surface area contributed by atoms with Crippen molar-refractivity contribution in [3.63, 3.8) is 0 Å². The van der Waals surface area contributed by atoms with E-state index in [1.54, 1.807) is 0 Å². The van der Waals surface area contributed by atoms with Gasteiger partial charge in [-0.1, -0.05) is 187 Å². The third-order valence-electron chi connectivity index (χ3n) is 11.0. The lowest BCUT2D eigenvalue weighted by atomic mass is 9.66. The molecule has 0 aliphatic rings. The molecule has 0 aromatic heterocycles. The van der Waals surface area contributed by atoms with Crippen molar-refractivity contribution in [2.24, 2.45) is 0 Å². The van der Waals surface area contributed by atoms with Crippen LogP contribution in [-0.4, -0.2) is 0 Å². The molecule has 0 fully saturated rings. The van der Waals surface area contributed by atoms with Crippen LogP contribution in [0.1, 0.15) is 135 Å². The van der Waals surface area contributed by atoms with Crippen LogP contribution in [0.4, 0.5) is 0 Å². The van der Waals surface area contributed by atoms with Gasteiger partial charge in [0.05, 0.1) is 0 Å². The number of benzene rings is 5. The Balaban J connectivity index is 1.72. The molecule has 0 spiro atoms. The third kappa shape index (κ3) is 8.30. The first-order chi connectivity index (χ1) is 25.5. The standard InChI is InChI=1S/C52H58/c1-7-13-18-41-24-32-45(33-25-41)51(11-5,46-34-26-42(27-35-46)19-14-8-2)49-22-17-23-50(40-49)52(12-6,47-36-28-43(29-37-47)20-15-9-3)48-38-30-44(31-39-48)21-16-10-4/h5-6,17,22-40H,7-10,13-16,18-21H2,1-4H3. The summed E-state index contributed by atoms with van der Waals surface area (Å²) in [6.45, 7) is 8.97. The van der Waals surface area contributed by atoms with Crippen LogP contribution in [0.2, 0.25) is 0 Å². The molecule has 0 amide bonds. The van der Waals surface area contributed by atoms with E-state index in [-0.39, 0.29) is 0 Å². The minimum Gasteiger partial charge on any atom is -0.118 e. The van der Waals surface area contributed by atoms with Crippen LogP contribution in [0, 0.1) is 24.7 Å². The normalized spacial score (nSPS) is 11.6. The summed E-state index contributed by atoms with van der Waals surface area (Å²) in [6, 6.07) is 45.0. The first kappa shape index (κ1) is 38.5. The topological polar surface area (TPSA) is 0 Å². The number of rotatable bonds is 18. The summed E-state index contributed by atoms with van der Waals surface area (Å²) in [5.41, 5.74) is 10.2. The quantitative estimate of drug-likeness (QED) is 0.0637. The molecule has 0 nitrogen and oxygen atoms in total. The minimum absolute atomic E-state index is 0.809. The van der Waals surface area contributed by atoms with E-state index < -0.39 is 10.8 Å². The molecular formula is C52H58. The zero-order valence-corrected chi connectivity index (χ0v) is 32.2. The Morgan fingerprint density at radius 1 is 0.365 bits per heavy atom. The molecule has 0 atom stereocenters. The average molecular weight is 683 g/mol. The van der Waals surface area contributed by atoms with E-state index in [9.17, 15) is 0 Å². The number of hydrogen-bond donors (Lipinski definition) is 0. The van der Waals surface area contributed by atoms with Crippen molar-refractivity contribution in [2.75, 3.05) is 0 Å². The molecule has 5 aromatic carbocycles. The van der Waals surface area contributed by atoms with E-state index in [4.69, 9.17) is 12.8 Å². The Bertz CT molecular complexity index is 1660. The molecule has 0 unspecified atom stereocenters. The van der Waals surface area contributed by atoms with Crippen molar-refractivity contribution in [2.45, 2.75) is 116 Å². The van der Waals surface area contributed by atoms with Crippen molar-refractivity contribution in [3.8, 4) is 24.7 Å². The van der Waals surface area contributed by atoms with Gasteiger partial charge in [-0.15, -0.1) is 12.8 Å². The third-order valence-corrected chi connectivity index (χ3v) is 11.0. The molecule has 5 rings (SSSR count). The van der Waals surface area contributed by atoms with Crippen molar-refractivity contribution in [1.29, 1.82) is 0 Å². The molecule has 0 heteroatoms. The maximum atomic E-state index is 6.78. The van der Waals surface area contributed by atoms with Gasteiger partial charge in [0, 0.05) is 0 Å². The van der Waals surface area contributed by atoms with Gasteiger partial charge in [-0.05, 0) is 107 Å². The molecular weight excluding hydrogens is 625 g/mol. The van der Waals surface area contributed by atoms with E-state index in [0.717, 1.165) is 59.1 Å². The lowest BCUT2D eigenvalue weighted by Crippen LogP contribution is -2.31. The van der Waals surface area contributed by atoms with Gasteiger partial charge < -0.3 is 0 Å². The van der Waals surface area contributed by atoms with Crippen LogP contribution in [0.15, 0.2) is 121 Å². The number of aryl methyl sites for hydroxylation is 4. The fourth-order valence-electron chi connectivity index (χ4n) is 7.69. The molecule has 0 bridgehead atoms. The van der Waals surface area contributed by atoms with Crippen LogP contribution >= 0.6 is 0 Å². The Labute approximate surface area is 316 Å². The lowest BCUT2D eigenvalue weighted by Gasteiger charge is -2.35. The van der Waals surface area contributed by atoms with Crippen molar-refractivity contribution in [1.82, 2.24) is 0 Å². The van der Waals surface area contributed by atoms with Gasteiger partial charge in [-0.3, -0.25) is 0 Å². The highest BCUT2D eigenvalue weighted by Crippen LogP contribution is 2.44. The van der Waals surface area contributed by atoms with Crippen LogP contribution in [0.25, 0.3) is 0 Å². The van der Waals surface area contributed by atoms with Crippen LogP contribution < -0.4 is 0 Å². The van der Waals surface area contributed by atoms with Gasteiger partial charge in [-0.25, -0.2) is 0 Å². The Hall–Kier alpha value is -4.78. The molecule has 52 heavy (non-hydrogen) atoms. The number of hydrogen-bond acceptors (Lipinski definition) is 0. The second kappa shape index (κ2) is 18.6. The predicted octanol–water partition coefficient (Wildman–Crippen LogP) is 13.0. The van der Waals surface area contributed by atoms with Gasteiger partial charge in [-0.2, -0.15) is 0 Å². The smallest absolute Gasteiger partial charge is 0.106 e. The van der Waals surface area contributed by atoms with Gasteiger partial charge in [0.1, 0.15) is 10.8 Å². The zero-order chi connectivity index (χ0) is 36.8. The van der Waals surface area contributed by atoms with Gasteiger partial charge in [0.2, 0.25) is 0 Å². The first-order valence-electron chi connectivity index (χ1n) is 19.9. The van der Waals surface area contributed by atoms with Gasteiger partial charge in [0.15, 0.2) is 0 Å². The lowest BCUT2D eigenvalue weighted by molar-refractivity contribution is 0.767. The monoisotopic (exact) mass is 682 g/mol. The predicted molar refractivity (Wildman–Crippen MR) is 224 cm³/mol. The second-order valence-corrected chi connectivity index (χ2v) is 14.6. The highest BCUT2D eigenvalue weighted by molar-refractivity contribution is 5.63. The Morgan fingerprint density at radius 2 is 0.615 bits per heavy atom. The molecule has 0 aliphatic heterocycles. The van der Waals surface area contributed by atoms with Crippen molar-refractivity contribution >= 4 is 0 Å². The van der Waals surface area contributed by atoms with Crippen LogP contribution in [0.3, 0.4) is 0 Å².